The second-order valence-electron chi connectivity index (χ2n) is 5.25. The summed E-state index contributed by atoms with van der Waals surface area (Å²) in [7, 11) is 0. The van der Waals surface area contributed by atoms with Crippen LogP contribution in [0.4, 0.5) is 4.39 Å². The van der Waals surface area contributed by atoms with Crippen molar-refractivity contribution in [3.05, 3.63) is 53.9 Å². The van der Waals surface area contributed by atoms with E-state index in [0.717, 1.165) is 5.56 Å². The number of aliphatic hydroxyl groups excluding tert-OH is 1. The van der Waals surface area contributed by atoms with Gasteiger partial charge in [0.1, 0.15) is 6.17 Å². The van der Waals surface area contributed by atoms with Crippen LogP contribution in [0.1, 0.15) is 11.1 Å². The van der Waals surface area contributed by atoms with Crippen LogP contribution >= 0.6 is 0 Å². The molecule has 1 N–H and O–H groups in total. The highest BCUT2D eigenvalue weighted by molar-refractivity contribution is 5.27. The molecule has 2 atom stereocenters. The van der Waals surface area contributed by atoms with Crippen LogP contribution in [0.25, 0.3) is 0 Å². The Morgan fingerprint density at radius 1 is 1.15 bits per heavy atom. The van der Waals surface area contributed by atoms with E-state index in [4.69, 9.17) is 0 Å². The van der Waals surface area contributed by atoms with E-state index in [-0.39, 0.29) is 0 Å². The molecule has 0 saturated carbocycles. The fourth-order valence-corrected chi connectivity index (χ4v) is 2.63. The minimum atomic E-state index is -1.13. The van der Waals surface area contributed by atoms with Crippen LogP contribution in [0.15, 0.2) is 42.7 Å². The second-order valence-corrected chi connectivity index (χ2v) is 5.25. The molecule has 0 amide bonds. The van der Waals surface area contributed by atoms with E-state index in [0.29, 0.717) is 26.2 Å². The molecule has 0 radical (unpaired) electrons. The summed E-state index contributed by atoms with van der Waals surface area (Å²) in [5, 5.41) is 13.7. The molecule has 0 bridgehead atoms. The fraction of sp³-hybridized carbons (Fsp3) is 0.400. The number of aliphatic hydroxyl groups is 1. The Morgan fingerprint density at radius 2 is 1.90 bits per heavy atom. The number of nitrogens with zero attached hydrogens (tertiary/aromatic N) is 3. The van der Waals surface area contributed by atoms with Crippen molar-refractivity contribution in [3.8, 4) is 0 Å². The zero-order chi connectivity index (χ0) is 13.9. The molecule has 4 nitrogen and oxygen atoms in total. The van der Waals surface area contributed by atoms with E-state index < -0.39 is 12.3 Å². The standard InChI is InChI=1S/C15H18FN3O/c16-14-10-18(11-15(14)20)8-12-4-1-2-5-13(12)9-19-7-3-6-17-19/h1-7,14-15,20H,8-11H2/t14-,15-/m1/s1. The summed E-state index contributed by atoms with van der Waals surface area (Å²) < 4.78 is 15.2. The zero-order valence-electron chi connectivity index (χ0n) is 11.2. The van der Waals surface area contributed by atoms with Crippen molar-refractivity contribution in [3.63, 3.8) is 0 Å². The molecule has 0 aliphatic carbocycles. The topological polar surface area (TPSA) is 41.3 Å². The predicted octanol–water partition coefficient (Wildman–Crippen LogP) is 1.45. The lowest BCUT2D eigenvalue weighted by molar-refractivity contribution is 0.115. The van der Waals surface area contributed by atoms with Crippen molar-refractivity contribution in [2.45, 2.75) is 25.4 Å². The molecular weight excluding hydrogens is 257 g/mol. The molecule has 0 spiro atoms. The van der Waals surface area contributed by atoms with Crippen molar-refractivity contribution < 1.29 is 9.50 Å². The molecule has 0 unspecified atom stereocenters. The van der Waals surface area contributed by atoms with Gasteiger partial charge in [0.2, 0.25) is 0 Å². The third-order valence-corrected chi connectivity index (χ3v) is 3.70. The molecule has 20 heavy (non-hydrogen) atoms. The van der Waals surface area contributed by atoms with Gasteiger partial charge in [-0.2, -0.15) is 5.10 Å². The van der Waals surface area contributed by atoms with E-state index in [1.54, 1.807) is 6.20 Å². The van der Waals surface area contributed by atoms with E-state index in [2.05, 4.69) is 17.2 Å². The molecule has 3 rings (SSSR count). The number of likely N-dealkylation sites (tertiary alicyclic amines) is 1. The highest BCUT2D eigenvalue weighted by atomic mass is 19.1. The molecule has 1 aliphatic heterocycles. The van der Waals surface area contributed by atoms with Crippen LogP contribution in [0.3, 0.4) is 0 Å². The third kappa shape index (κ3) is 2.89. The maximum Gasteiger partial charge on any atom is 0.140 e. The summed E-state index contributed by atoms with van der Waals surface area (Å²) >= 11 is 0. The fourth-order valence-electron chi connectivity index (χ4n) is 2.63. The van der Waals surface area contributed by atoms with Gasteiger partial charge in [-0.3, -0.25) is 9.58 Å². The number of alkyl halides is 1. The van der Waals surface area contributed by atoms with Crippen LogP contribution in [-0.4, -0.2) is 45.2 Å². The van der Waals surface area contributed by atoms with Gasteiger partial charge in [-0.1, -0.05) is 24.3 Å². The van der Waals surface area contributed by atoms with Gasteiger partial charge in [0.05, 0.1) is 12.6 Å². The van der Waals surface area contributed by atoms with Crippen molar-refractivity contribution in [1.82, 2.24) is 14.7 Å². The number of benzene rings is 1. The summed E-state index contributed by atoms with van der Waals surface area (Å²) in [6, 6.07) is 10.0. The van der Waals surface area contributed by atoms with E-state index in [1.807, 2.05) is 34.0 Å². The Bertz CT molecular complexity index is 548. The van der Waals surface area contributed by atoms with Gasteiger partial charge in [0.15, 0.2) is 0 Å². The zero-order valence-corrected chi connectivity index (χ0v) is 11.2. The van der Waals surface area contributed by atoms with Gasteiger partial charge in [0, 0.05) is 32.0 Å². The number of rotatable bonds is 4. The van der Waals surface area contributed by atoms with Gasteiger partial charge in [-0.15, -0.1) is 0 Å². The van der Waals surface area contributed by atoms with Crippen LogP contribution in [0.2, 0.25) is 0 Å². The Kier molecular flexibility index (Phi) is 3.80. The van der Waals surface area contributed by atoms with Crippen LogP contribution < -0.4 is 0 Å². The van der Waals surface area contributed by atoms with Crippen LogP contribution in [0, 0.1) is 0 Å². The number of aromatic nitrogens is 2. The lowest BCUT2D eigenvalue weighted by Crippen LogP contribution is -2.22. The SMILES string of the molecule is O[C@@H]1CN(Cc2ccccc2Cn2cccn2)C[C@H]1F. The monoisotopic (exact) mass is 275 g/mol. The molecule has 5 heteroatoms. The first-order valence-corrected chi connectivity index (χ1v) is 6.81. The summed E-state index contributed by atoms with van der Waals surface area (Å²) in [6.07, 6.45) is 1.70. The van der Waals surface area contributed by atoms with Crippen molar-refractivity contribution in [1.29, 1.82) is 0 Å². The second kappa shape index (κ2) is 5.73. The van der Waals surface area contributed by atoms with Crippen LogP contribution in [-0.2, 0) is 13.1 Å². The highest BCUT2D eigenvalue weighted by Gasteiger charge is 2.31. The van der Waals surface area contributed by atoms with E-state index in [9.17, 15) is 9.50 Å². The molecule has 1 aromatic heterocycles. The summed E-state index contributed by atoms with van der Waals surface area (Å²) in [6.45, 7) is 2.07. The van der Waals surface area contributed by atoms with Gasteiger partial charge >= 0.3 is 0 Å². The molecule has 1 aliphatic rings. The predicted molar refractivity (Wildman–Crippen MR) is 74.0 cm³/mol. The first-order valence-electron chi connectivity index (χ1n) is 6.81. The van der Waals surface area contributed by atoms with Gasteiger partial charge < -0.3 is 5.11 Å². The summed E-state index contributed by atoms with van der Waals surface area (Å²) in [5.74, 6) is 0. The molecule has 1 fully saturated rings. The minimum Gasteiger partial charge on any atom is -0.389 e. The molecule has 106 valence electrons. The van der Waals surface area contributed by atoms with E-state index >= 15 is 0 Å². The number of β-amino-alcohol motifs (C(OH)–C–C–N with tert-alkyl or cyclic N) is 1. The Balaban J connectivity index is 1.73. The van der Waals surface area contributed by atoms with Gasteiger partial charge in [0.25, 0.3) is 0 Å². The van der Waals surface area contributed by atoms with Crippen molar-refractivity contribution in [2.24, 2.45) is 0 Å². The molecule has 1 saturated heterocycles. The Morgan fingerprint density at radius 3 is 2.50 bits per heavy atom. The lowest BCUT2D eigenvalue weighted by Gasteiger charge is -2.17. The van der Waals surface area contributed by atoms with E-state index in [1.165, 1.54) is 5.56 Å². The Hall–Kier alpha value is -1.72. The molecule has 2 heterocycles. The smallest absolute Gasteiger partial charge is 0.140 e. The lowest BCUT2D eigenvalue weighted by atomic mass is 10.1. The summed E-state index contributed by atoms with van der Waals surface area (Å²) in [5.41, 5.74) is 2.33. The Labute approximate surface area is 117 Å². The minimum absolute atomic E-state index is 0.303. The number of halogens is 1. The third-order valence-electron chi connectivity index (χ3n) is 3.70. The van der Waals surface area contributed by atoms with Crippen molar-refractivity contribution in [2.75, 3.05) is 13.1 Å². The quantitative estimate of drug-likeness (QED) is 0.918. The van der Waals surface area contributed by atoms with Gasteiger partial charge in [-0.25, -0.2) is 4.39 Å². The van der Waals surface area contributed by atoms with Gasteiger partial charge in [-0.05, 0) is 17.2 Å². The first kappa shape index (κ1) is 13.3. The number of hydrogen-bond donors (Lipinski definition) is 1. The van der Waals surface area contributed by atoms with Crippen molar-refractivity contribution >= 4 is 0 Å². The molecule has 2 aromatic rings. The summed E-state index contributed by atoms with van der Waals surface area (Å²) in [4.78, 5) is 1.96. The average molecular weight is 275 g/mol. The maximum atomic E-state index is 13.4. The first-order chi connectivity index (χ1) is 9.72. The average Bonchev–Trinajstić information content (AvgIpc) is 3.03. The normalized spacial score (nSPS) is 23.3. The highest BCUT2D eigenvalue weighted by Crippen LogP contribution is 2.19. The number of hydrogen-bond acceptors (Lipinski definition) is 3. The largest absolute Gasteiger partial charge is 0.389 e. The molecule has 1 aromatic carbocycles. The van der Waals surface area contributed by atoms with Crippen LogP contribution in [0.5, 0.6) is 0 Å². The molecular formula is C15H18FN3O. The maximum absolute atomic E-state index is 13.4.